The number of aliphatic carboxylic acids is 1. The Hall–Kier alpha value is -2.88. The van der Waals surface area contributed by atoms with Crippen LogP contribution in [-0.2, 0) is 11.2 Å². The first kappa shape index (κ1) is 16.0. The van der Waals surface area contributed by atoms with E-state index < -0.39 is 5.97 Å². The number of fused-ring (bicyclic) bond motifs is 1. The minimum absolute atomic E-state index is 0.0281. The molecule has 3 rings (SSSR count). The molecular formula is C20H18O4. The molecule has 0 amide bonds. The molecule has 1 aliphatic rings. The van der Waals surface area contributed by atoms with E-state index in [2.05, 4.69) is 0 Å². The maximum Gasteiger partial charge on any atom is 0.306 e. The number of ketones is 1. The lowest BCUT2D eigenvalue weighted by molar-refractivity contribution is -0.137. The third kappa shape index (κ3) is 3.71. The first-order chi connectivity index (χ1) is 11.6. The number of hydrogen-bond donors (Lipinski definition) is 1. The van der Waals surface area contributed by atoms with Gasteiger partial charge >= 0.3 is 5.97 Å². The van der Waals surface area contributed by atoms with Crippen LogP contribution in [0.4, 0.5) is 0 Å². The molecule has 2 aromatic carbocycles. The van der Waals surface area contributed by atoms with Gasteiger partial charge in [0.05, 0.1) is 13.0 Å². The Morgan fingerprint density at radius 1 is 1.08 bits per heavy atom. The predicted molar refractivity (Wildman–Crippen MR) is 91.3 cm³/mol. The smallest absolute Gasteiger partial charge is 0.306 e. The Labute approximate surface area is 140 Å². The molecule has 4 nitrogen and oxygen atoms in total. The maximum absolute atomic E-state index is 12.5. The Morgan fingerprint density at radius 2 is 1.83 bits per heavy atom. The SMILES string of the molecule is O=C(O)CCOc1ccc(/C=C2\CCc3ccccc3C2=O)cc1. The fourth-order valence-electron chi connectivity index (χ4n) is 2.77. The molecule has 0 saturated carbocycles. The second-order valence-electron chi connectivity index (χ2n) is 5.72. The summed E-state index contributed by atoms with van der Waals surface area (Å²) in [5.74, 6) is -0.162. The van der Waals surface area contributed by atoms with E-state index in [0.29, 0.717) is 5.75 Å². The third-order valence-corrected chi connectivity index (χ3v) is 4.02. The summed E-state index contributed by atoms with van der Waals surface area (Å²) < 4.78 is 5.36. The van der Waals surface area contributed by atoms with E-state index in [1.54, 1.807) is 12.1 Å². The van der Waals surface area contributed by atoms with Gasteiger partial charge in [-0.25, -0.2) is 0 Å². The monoisotopic (exact) mass is 322 g/mol. The van der Waals surface area contributed by atoms with Crippen LogP contribution in [-0.4, -0.2) is 23.5 Å². The zero-order chi connectivity index (χ0) is 16.9. The highest BCUT2D eigenvalue weighted by Crippen LogP contribution is 2.26. The van der Waals surface area contributed by atoms with Gasteiger partial charge in [0.15, 0.2) is 5.78 Å². The molecule has 0 saturated heterocycles. The van der Waals surface area contributed by atoms with Crippen molar-refractivity contribution in [2.75, 3.05) is 6.61 Å². The van der Waals surface area contributed by atoms with E-state index in [9.17, 15) is 9.59 Å². The lowest BCUT2D eigenvalue weighted by Gasteiger charge is -2.17. The third-order valence-electron chi connectivity index (χ3n) is 4.02. The molecule has 0 aromatic heterocycles. The van der Waals surface area contributed by atoms with Crippen molar-refractivity contribution in [3.8, 4) is 5.75 Å². The number of rotatable bonds is 5. The van der Waals surface area contributed by atoms with E-state index in [4.69, 9.17) is 9.84 Å². The van der Waals surface area contributed by atoms with Gasteiger partial charge in [0.25, 0.3) is 0 Å². The number of carboxylic acid groups (broad SMARTS) is 1. The lowest BCUT2D eigenvalue weighted by Crippen LogP contribution is -2.13. The van der Waals surface area contributed by atoms with Gasteiger partial charge in [0.1, 0.15) is 5.75 Å². The minimum Gasteiger partial charge on any atom is -0.493 e. The van der Waals surface area contributed by atoms with Crippen LogP contribution >= 0.6 is 0 Å². The molecule has 0 radical (unpaired) electrons. The maximum atomic E-state index is 12.5. The number of allylic oxidation sites excluding steroid dienone is 1. The highest BCUT2D eigenvalue weighted by molar-refractivity contribution is 6.13. The van der Waals surface area contributed by atoms with Crippen LogP contribution in [0.15, 0.2) is 54.1 Å². The van der Waals surface area contributed by atoms with Crippen molar-refractivity contribution < 1.29 is 19.4 Å². The Morgan fingerprint density at radius 3 is 2.58 bits per heavy atom. The van der Waals surface area contributed by atoms with E-state index in [1.165, 1.54) is 0 Å². The van der Waals surface area contributed by atoms with Crippen LogP contribution in [0.1, 0.15) is 34.3 Å². The van der Waals surface area contributed by atoms with Crippen LogP contribution in [0.2, 0.25) is 0 Å². The Balaban J connectivity index is 1.70. The number of carboxylic acids is 1. The average molecular weight is 322 g/mol. The number of benzene rings is 2. The molecule has 24 heavy (non-hydrogen) atoms. The molecule has 1 aliphatic carbocycles. The van der Waals surface area contributed by atoms with Gasteiger partial charge in [-0.2, -0.15) is 0 Å². The van der Waals surface area contributed by atoms with Crippen LogP contribution < -0.4 is 4.74 Å². The van der Waals surface area contributed by atoms with Crippen molar-refractivity contribution >= 4 is 17.8 Å². The first-order valence-electron chi connectivity index (χ1n) is 7.91. The number of Topliss-reactive ketones (excluding diaryl/α,β-unsaturated/α-hetero) is 1. The summed E-state index contributed by atoms with van der Waals surface area (Å²) in [5, 5.41) is 8.59. The van der Waals surface area contributed by atoms with Gasteiger partial charge < -0.3 is 9.84 Å². The van der Waals surface area contributed by atoms with E-state index in [0.717, 1.165) is 35.1 Å². The van der Waals surface area contributed by atoms with Gasteiger partial charge in [-0.15, -0.1) is 0 Å². The summed E-state index contributed by atoms with van der Waals surface area (Å²) in [5.41, 5.74) is 3.65. The number of carbonyl (C=O) groups is 2. The zero-order valence-corrected chi connectivity index (χ0v) is 13.2. The Kier molecular flexibility index (Phi) is 4.75. The van der Waals surface area contributed by atoms with E-state index >= 15 is 0 Å². The van der Waals surface area contributed by atoms with Gasteiger partial charge in [0, 0.05) is 11.1 Å². The summed E-state index contributed by atoms with van der Waals surface area (Å²) >= 11 is 0. The van der Waals surface area contributed by atoms with Crippen molar-refractivity contribution in [2.24, 2.45) is 0 Å². The molecular weight excluding hydrogens is 304 g/mol. The van der Waals surface area contributed by atoms with Gasteiger partial charge in [-0.05, 0) is 42.2 Å². The molecule has 0 fully saturated rings. The van der Waals surface area contributed by atoms with Crippen LogP contribution in [0.25, 0.3) is 6.08 Å². The fourth-order valence-corrected chi connectivity index (χ4v) is 2.77. The largest absolute Gasteiger partial charge is 0.493 e. The second-order valence-corrected chi connectivity index (χ2v) is 5.72. The van der Waals surface area contributed by atoms with Gasteiger partial charge in [-0.3, -0.25) is 9.59 Å². The van der Waals surface area contributed by atoms with Crippen molar-refractivity contribution in [1.29, 1.82) is 0 Å². The second kappa shape index (κ2) is 7.13. The molecule has 0 bridgehead atoms. The topological polar surface area (TPSA) is 63.6 Å². The van der Waals surface area contributed by atoms with Crippen molar-refractivity contribution in [1.82, 2.24) is 0 Å². The van der Waals surface area contributed by atoms with Crippen molar-refractivity contribution in [3.05, 3.63) is 70.8 Å². The summed E-state index contributed by atoms with van der Waals surface area (Å²) in [4.78, 5) is 23.0. The van der Waals surface area contributed by atoms with E-state index in [-0.39, 0.29) is 18.8 Å². The Bertz CT molecular complexity index is 788. The molecule has 2 aromatic rings. The quantitative estimate of drug-likeness (QED) is 0.852. The standard InChI is InChI=1S/C20H18O4/c21-19(22)11-12-24-17-9-5-14(6-10-17)13-16-8-7-15-3-1-2-4-18(15)20(16)23/h1-6,9-10,13H,7-8,11-12H2,(H,21,22)/b16-13+. The number of ether oxygens (including phenoxy) is 1. The summed E-state index contributed by atoms with van der Waals surface area (Å²) in [7, 11) is 0. The van der Waals surface area contributed by atoms with Crippen molar-refractivity contribution in [3.63, 3.8) is 0 Å². The highest BCUT2D eigenvalue weighted by atomic mass is 16.5. The zero-order valence-electron chi connectivity index (χ0n) is 13.2. The first-order valence-corrected chi connectivity index (χ1v) is 7.91. The summed E-state index contributed by atoms with van der Waals surface area (Å²) in [6.45, 7) is 0.144. The van der Waals surface area contributed by atoms with Crippen LogP contribution in [0, 0.1) is 0 Å². The molecule has 4 heteroatoms. The fraction of sp³-hybridized carbons (Fsp3) is 0.200. The molecule has 0 heterocycles. The molecule has 0 spiro atoms. The molecule has 0 atom stereocenters. The molecule has 0 unspecified atom stereocenters. The molecule has 1 N–H and O–H groups in total. The average Bonchev–Trinajstić information content (AvgIpc) is 2.59. The number of carbonyl (C=O) groups excluding carboxylic acids is 1. The summed E-state index contributed by atoms with van der Waals surface area (Å²) in [6, 6.07) is 15.1. The predicted octanol–water partition coefficient (Wildman–Crippen LogP) is 3.75. The van der Waals surface area contributed by atoms with Crippen LogP contribution in [0.3, 0.4) is 0 Å². The number of hydrogen-bond acceptors (Lipinski definition) is 3. The van der Waals surface area contributed by atoms with Crippen LogP contribution in [0.5, 0.6) is 5.75 Å². The number of aryl methyl sites for hydroxylation is 1. The highest BCUT2D eigenvalue weighted by Gasteiger charge is 2.20. The lowest BCUT2D eigenvalue weighted by atomic mass is 9.86. The van der Waals surface area contributed by atoms with Gasteiger partial charge in [0.2, 0.25) is 0 Å². The van der Waals surface area contributed by atoms with E-state index in [1.807, 2.05) is 42.5 Å². The molecule has 0 aliphatic heterocycles. The normalized spacial score (nSPS) is 15.2. The van der Waals surface area contributed by atoms with Crippen molar-refractivity contribution in [2.45, 2.75) is 19.3 Å². The molecule has 122 valence electrons. The van der Waals surface area contributed by atoms with Gasteiger partial charge in [-0.1, -0.05) is 36.4 Å². The summed E-state index contributed by atoms with van der Waals surface area (Å²) in [6.07, 6.45) is 3.51. The minimum atomic E-state index is -0.882.